The molecule has 0 aliphatic heterocycles. The van der Waals surface area contributed by atoms with E-state index in [4.69, 9.17) is 11.5 Å². The van der Waals surface area contributed by atoms with Crippen molar-refractivity contribution in [1.29, 1.82) is 0 Å². The number of nitrogens with one attached hydrogen (secondary N) is 1. The van der Waals surface area contributed by atoms with Gasteiger partial charge in [0.2, 0.25) is 5.91 Å². The lowest BCUT2D eigenvalue weighted by Crippen LogP contribution is -2.49. The zero-order valence-corrected chi connectivity index (χ0v) is 11.4. The van der Waals surface area contributed by atoms with Crippen LogP contribution in [0.15, 0.2) is 0 Å². The number of rotatable bonds is 6. The van der Waals surface area contributed by atoms with E-state index in [9.17, 15) is 9.59 Å². The summed E-state index contributed by atoms with van der Waals surface area (Å²) < 4.78 is 0. The monoisotopic (exact) mass is 266 g/mol. The minimum Gasteiger partial charge on any atom is -0.480 e. The van der Waals surface area contributed by atoms with Crippen molar-refractivity contribution in [1.82, 2.24) is 10.2 Å². The molecule has 2 N–H and O–H groups in total. The highest BCUT2D eigenvalue weighted by Gasteiger charge is 2.34. The minimum atomic E-state index is -1.04. The van der Waals surface area contributed by atoms with Gasteiger partial charge in [-0.2, -0.15) is 0 Å². The second kappa shape index (κ2) is 7.15. The summed E-state index contributed by atoms with van der Waals surface area (Å²) in [7, 11) is 1.86. The van der Waals surface area contributed by atoms with Crippen LogP contribution >= 0.6 is 0 Å². The third-order valence-electron chi connectivity index (χ3n) is 3.79. The normalized spacial score (nSPS) is 17.5. The Morgan fingerprint density at radius 1 is 1.37 bits per heavy atom. The Balaban J connectivity index is 2.68. The fraction of sp³-hybridized carbons (Fsp3) is 0.714. The van der Waals surface area contributed by atoms with E-state index in [0.29, 0.717) is 6.42 Å². The van der Waals surface area contributed by atoms with Crippen molar-refractivity contribution in [3.8, 4) is 12.3 Å². The van der Waals surface area contributed by atoms with Crippen LogP contribution in [0.1, 0.15) is 38.5 Å². The van der Waals surface area contributed by atoms with Crippen molar-refractivity contribution in [2.75, 3.05) is 20.1 Å². The summed E-state index contributed by atoms with van der Waals surface area (Å²) in [6, 6.07) is 0. The summed E-state index contributed by atoms with van der Waals surface area (Å²) in [5.74, 6) is 1.12. The molecule has 1 aliphatic carbocycles. The molecule has 0 atom stereocenters. The number of hydrogen-bond acceptors (Lipinski definition) is 3. The molecule has 0 aromatic carbocycles. The smallest absolute Gasteiger partial charge is 0.323 e. The minimum absolute atomic E-state index is 0.0466. The van der Waals surface area contributed by atoms with Gasteiger partial charge in [0.25, 0.3) is 0 Å². The summed E-state index contributed by atoms with van der Waals surface area (Å²) in [6.07, 6.45) is 10.8. The highest BCUT2D eigenvalue weighted by Crippen LogP contribution is 2.31. The van der Waals surface area contributed by atoms with Crippen molar-refractivity contribution in [3.05, 3.63) is 0 Å². The molecule has 0 saturated heterocycles. The van der Waals surface area contributed by atoms with E-state index in [1.807, 2.05) is 7.05 Å². The number of hydrogen-bond donors (Lipinski definition) is 2. The molecule has 19 heavy (non-hydrogen) atoms. The zero-order valence-electron chi connectivity index (χ0n) is 11.4. The third kappa shape index (κ3) is 4.56. The van der Waals surface area contributed by atoms with Gasteiger partial charge < -0.3 is 15.3 Å². The Morgan fingerprint density at radius 2 is 2.00 bits per heavy atom. The Morgan fingerprint density at radius 3 is 2.47 bits per heavy atom. The van der Waals surface area contributed by atoms with Gasteiger partial charge in [0.1, 0.15) is 6.54 Å². The molecule has 1 saturated carbocycles. The molecule has 1 amide bonds. The van der Waals surface area contributed by atoms with Crippen LogP contribution in [0.5, 0.6) is 0 Å². The van der Waals surface area contributed by atoms with Crippen molar-refractivity contribution in [2.45, 2.75) is 44.1 Å². The van der Waals surface area contributed by atoms with Crippen LogP contribution in [-0.2, 0) is 9.59 Å². The molecule has 0 radical (unpaired) electrons. The number of carbonyl (C=O) groups is 2. The van der Waals surface area contributed by atoms with E-state index in [2.05, 4.69) is 11.2 Å². The van der Waals surface area contributed by atoms with Gasteiger partial charge in [-0.15, -0.1) is 6.42 Å². The third-order valence-corrected chi connectivity index (χ3v) is 3.79. The van der Waals surface area contributed by atoms with E-state index < -0.39 is 5.97 Å². The Kier molecular flexibility index (Phi) is 5.84. The lowest BCUT2D eigenvalue weighted by Gasteiger charge is -2.37. The van der Waals surface area contributed by atoms with Crippen LogP contribution in [0.4, 0.5) is 0 Å². The highest BCUT2D eigenvalue weighted by molar-refractivity contribution is 5.82. The number of nitrogens with zero attached hydrogens (tertiary/aromatic N) is 1. The molecular weight excluding hydrogens is 244 g/mol. The predicted molar refractivity (Wildman–Crippen MR) is 72.5 cm³/mol. The Labute approximate surface area is 114 Å². The number of carboxylic acid groups (broad SMARTS) is 1. The van der Waals surface area contributed by atoms with Crippen molar-refractivity contribution >= 4 is 11.9 Å². The van der Waals surface area contributed by atoms with E-state index in [0.717, 1.165) is 25.7 Å². The van der Waals surface area contributed by atoms with E-state index in [-0.39, 0.29) is 24.5 Å². The maximum absolute atomic E-state index is 12.2. The summed E-state index contributed by atoms with van der Waals surface area (Å²) in [5, 5.41) is 12.1. The second-order valence-corrected chi connectivity index (χ2v) is 5.12. The largest absolute Gasteiger partial charge is 0.480 e. The summed E-state index contributed by atoms with van der Waals surface area (Å²) in [5.41, 5.74) is -0.194. The first-order valence-corrected chi connectivity index (χ1v) is 6.65. The van der Waals surface area contributed by atoms with Crippen molar-refractivity contribution in [3.63, 3.8) is 0 Å². The molecule has 106 valence electrons. The quantitative estimate of drug-likeness (QED) is 0.699. The van der Waals surface area contributed by atoms with Gasteiger partial charge in [-0.3, -0.25) is 9.59 Å². The molecule has 0 unspecified atom stereocenters. The maximum Gasteiger partial charge on any atom is 0.323 e. The van der Waals surface area contributed by atoms with Gasteiger partial charge in [-0.25, -0.2) is 0 Å². The van der Waals surface area contributed by atoms with Crippen LogP contribution in [0.25, 0.3) is 0 Å². The van der Waals surface area contributed by atoms with Crippen LogP contribution in [0.2, 0.25) is 0 Å². The van der Waals surface area contributed by atoms with Gasteiger partial charge in [0.05, 0.1) is 6.54 Å². The fourth-order valence-corrected chi connectivity index (χ4v) is 2.65. The van der Waals surface area contributed by atoms with Crippen LogP contribution in [-0.4, -0.2) is 47.6 Å². The topological polar surface area (TPSA) is 69.6 Å². The molecule has 1 fully saturated rings. The molecular formula is C14H22N2O3. The predicted octanol–water partition coefficient (Wildman–Crippen LogP) is 0.845. The molecule has 0 aromatic rings. The van der Waals surface area contributed by atoms with E-state index >= 15 is 0 Å². The highest BCUT2D eigenvalue weighted by atomic mass is 16.4. The molecule has 0 aromatic heterocycles. The van der Waals surface area contributed by atoms with Gasteiger partial charge in [0.15, 0.2) is 0 Å². The molecule has 5 nitrogen and oxygen atoms in total. The molecule has 1 aliphatic rings. The summed E-state index contributed by atoms with van der Waals surface area (Å²) in [6.45, 7) is -0.284. The maximum atomic E-state index is 12.2. The number of carboxylic acids is 1. The van der Waals surface area contributed by atoms with Gasteiger partial charge >= 0.3 is 5.97 Å². The van der Waals surface area contributed by atoms with Gasteiger partial charge in [-0.05, 0) is 19.9 Å². The van der Waals surface area contributed by atoms with E-state index in [1.54, 1.807) is 0 Å². The zero-order chi connectivity index (χ0) is 14.3. The Hall–Kier alpha value is -1.54. The first-order valence-electron chi connectivity index (χ1n) is 6.65. The number of terminal acetylenes is 1. The standard InChI is InChI=1S/C14H22N2O3/c1-3-9-16(11-13(18)19)12(17)10-14(15-2)7-5-4-6-8-14/h1,15H,4-11H2,2H3,(H,18,19). The number of amides is 1. The van der Waals surface area contributed by atoms with Crippen LogP contribution in [0, 0.1) is 12.3 Å². The first kappa shape index (κ1) is 15.5. The van der Waals surface area contributed by atoms with E-state index in [1.165, 1.54) is 11.3 Å². The molecule has 1 rings (SSSR count). The second-order valence-electron chi connectivity index (χ2n) is 5.12. The summed E-state index contributed by atoms with van der Waals surface area (Å²) in [4.78, 5) is 24.2. The number of aliphatic carboxylic acids is 1. The molecule has 5 heteroatoms. The molecule has 0 heterocycles. The lowest BCUT2D eigenvalue weighted by atomic mass is 9.79. The fourth-order valence-electron chi connectivity index (χ4n) is 2.65. The van der Waals surface area contributed by atoms with Gasteiger partial charge in [-0.1, -0.05) is 25.2 Å². The van der Waals surface area contributed by atoms with Gasteiger partial charge in [0, 0.05) is 12.0 Å². The summed E-state index contributed by atoms with van der Waals surface area (Å²) >= 11 is 0. The molecule has 0 bridgehead atoms. The molecule has 0 spiro atoms. The van der Waals surface area contributed by atoms with Crippen LogP contribution < -0.4 is 5.32 Å². The van der Waals surface area contributed by atoms with Crippen molar-refractivity contribution in [2.24, 2.45) is 0 Å². The SMILES string of the molecule is C#CCN(CC(=O)O)C(=O)CC1(NC)CCCCC1. The van der Waals surface area contributed by atoms with Crippen LogP contribution in [0.3, 0.4) is 0 Å². The average molecular weight is 266 g/mol. The van der Waals surface area contributed by atoms with Crippen molar-refractivity contribution < 1.29 is 14.7 Å². The lowest BCUT2D eigenvalue weighted by molar-refractivity contribution is -0.144. The Bertz CT molecular complexity index is 367. The number of carbonyl (C=O) groups excluding carboxylic acids is 1. The average Bonchev–Trinajstić information content (AvgIpc) is 2.39. The first-order chi connectivity index (χ1) is 9.03.